The van der Waals surface area contributed by atoms with Crippen molar-refractivity contribution in [2.24, 2.45) is 5.92 Å². The van der Waals surface area contributed by atoms with Gasteiger partial charge in [-0.1, -0.05) is 20.8 Å². The molecular formula is C9H20F2O. The highest BCUT2D eigenvalue weighted by Crippen LogP contribution is 1.93. The van der Waals surface area contributed by atoms with E-state index in [1.54, 1.807) is 0 Å². The third kappa shape index (κ3) is 22.6. The van der Waals surface area contributed by atoms with Gasteiger partial charge in [-0.2, -0.15) is 0 Å². The van der Waals surface area contributed by atoms with Crippen LogP contribution in [0.15, 0.2) is 0 Å². The predicted octanol–water partition coefficient (Wildman–Crippen LogP) is 3.34. The third-order valence-corrected chi connectivity index (χ3v) is 0.964. The lowest BCUT2D eigenvalue weighted by atomic mass is 10.2. The van der Waals surface area contributed by atoms with Gasteiger partial charge in [0.2, 0.25) is 6.43 Å². The van der Waals surface area contributed by atoms with E-state index in [9.17, 15) is 8.78 Å². The average molecular weight is 182 g/mol. The van der Waals surface area contributed by atoms with Crippen LogP contribution in [0, 0.1) is 5.92 Å². The van der Waals surface area contributed by atoms with E-state index in [0.717, 1.165) is 13.2 Å². The van der Waals surface area contributed by atoms with Crippen LogP contribution < -0.4 is 0 Å². The Labute approximate surface area is 74.1 Å². The summed E-state index contributed by atoms with van der Waals surface area (Å²) in [6.07, 6.45) is -2.14. The highest BCUT2D eigenvalue weighted by atomic mass is 19.3. The van der Waals surface area contributed by atoms with Crippen molar-refractivity contribution in [1.29, 1.82) is 0 Å². The van der Waals surface area contributed by atoms with Crippen LogP contribution in [-0.2, 0) is 4.74 Å². The van der Waals surface area contributed by atoms with Gasteiger partial charge in [0, 0.05) is 19.6 Å². The molecule has 3 heteroatoms. The summed E-state index contributed by atoms with van der Waals surface area (Å²) in [6.45, 7) is 9.51. The summed E-state index contributed by atoms with van der Waals surface area (Å²) < 4.78 is 26.6. The van der Waals surface area contributed by atoms with E-state index in [2.05, 4.69) is 13.8 Å². The van der Waals surface area contributed by atoms with Crippen molar-refractivity contribution in [2.75, 3.05) is 13.2 Å². The van der Waals surface area contributed by atoms with Crippen LogP contribution in [0.25, 0.3) is 0 Å². The van der Waals surface area contributed by atoms with E-state index in [-0.39, 0.29) is 6.42 Å². The first kappa shape index (κ1) is 14.3. The van der Waals surface area contributed by atoms with Gasteiger partial charge in [0.05, 0.1) is 0 Å². The molecule has 0 saturated heterocycles. The molecule has 0 N–H and O–H groups in total. The SMILES string of the molecule is CCC(F)F.CCOCC(C)C. The number of hydrogen-bond acceptors (Lipinski definition) is 1. The molecule has 0 aromatic heterocycles. The summed E-state index contributed by atoms with van der Waals surface area (Å²) in [5, 5.41) is 0. The Morgan fingerprint density at radius 3 is 1.67 bits per heavy atom. The average Bonchev–Trinajstić information content (AvgIpc) is 2.02. The summed E-state index contributed by atoms with van der Waals surface area (Å²) in [5.41, 5.74) is 0. The molecule has 0 saturated carbocycles. The molecule has 76 valence electrons. The largest absolute Gasteiger partial charge is 0.381 e. The molecule has 0 aliphatic carbocycles. The quantitative estimate of drug-likeness (QED) is 0.648. The lowest BCUT2D eigenvalue weighted by Crippen LogP contribution is -2.00. The van der Waals surface area contributed by atoms with Crippen LogP contribution in [0.1, 0.15) is 34.1 Å². The molecule has 0 aliphatic rings. The van der Waals surface area contributed by atoms with Gasteiger partial charge in [-0.3, -0.25) is 0 Å². The van der Waals surface area contributed by atoms with E-state index in [1.807, 2.05) is 6.92 Å². The predicted molar refractivity (Wildman–Crippen MR) is 47.6 cm³/mol. The minimum Gasteiger partial charge on any atom is -0.381 e. The van der Waals surface area contributed by atoms with Gasteiger partial charge >= 0.3 is 0 Å². The molecular weight excluding hydrogens is 162 g/mol. The summed E-state index contributed by atoms with van der Waals surface area (Å²) >= 11 is 0. The first-order valence-electron chi connectivity index (χ1n) is 4.40. The Kier molecular flexibility index (Phi) is 12.9. The minimum absolute atomic E-state index is 0.0278. The van der Waals surface area contributed by atoms with Crippen LogP contribution in [0.5, 0.6) is 0 Å². The fourth-order valence-electron chi connectivity index (χ4n) is 0.354. The number of halogens is 2. The Balaban J connectivity index is 0. The second-order valence-electron chi connectivity index (χ2n) is 2.85. The Hall–Kier alpha value is -0.180. The minimum atomic E-state index is -2.12. The number of ether oxygens (including phenoxy) is 1. The van der Waals surface area contributed by atoms with Gasteiger partial charge < -0.3 is 4.74 Å². The van der Waals surface area contributed by atoms with Gasteiger partial charge in [-0.15, -0.1) is 0 Å². The maximum atomic E-state index is 10.8. The smallest absolute Gasteiger partial charge is 0.238 e. The standard InChI is InChI=1S/C6H14O.C3H6F2/c1-4-7-5-6(2)3;1-2-3(4)5/h6H,4-5H2,1-3H3;3H,2H2,1H3. The second kappa shape index (κ2) is 10.8. The van der Waals surface area contributed by atoms with E-state index < -0.39 is 6.43 Å². The molecule has 0 fully saturated rings. The molecule has 0 radical (unpaired) electrons. The van der Waals surface area contributed by atoms with E-state index in [4.69, 9.17) is 4.74 Å². The Morgan fingerprint density at radius 2 is 1.58 bits per heavy atom. The fourth-order valence-corrected chi connectivity index (χ4v) is 0.354. The van der Waals surface area contributed by atoms with Crippen molar-refractivity contribution in [1.82, 2.24) is 0 Å². The summed E-state index contributed by atoms with van der Waals surface area (Å²) in [5.74, 6) is 0.681. The molecule has 0 aromatic carbocycles. The van der Waals surface area contributed by atoms with Crippen LogP contribution >= 0.6 is 0 Å². The maximum Gasteiger partial charge on any atom is 0.238 e. The topological polar surface area (TPSA) is 9.23 Å². The van der Waals surface area contributed by atoms with Crippen molar-refractivity contribution in [3.05, 3.63) is 0 Å². The van der Waals surface area contributed by atoms with E-state index in [0.29, 0.717) is 5.92 Å². The van der Waals surface area contributed by atoms with Crippen molar-refractivity contribution in [3.63, 3.8) is 0 Å². The molecule has 0 atom stereocenters. The molecule has 0 aliphatic heterocycles. The lowest BCUT2D eigenvalue weighted by molar-refractivity contribution is 0.122. The van der Waals surface area contributed by atoms with Crippen molar-refractivity contribution in [2.45, 2.75) is 40.5 Å². The second-order valence-corrected chi connectivity index (χ2v) is 2.85. The van der Waals surface area contributed by atoms with Crippen molar-refractivity contribution < 1.29 is 13.5 Å². The lowest BCUT2D eigenvalue weighted by Gasteiger charge is -2.01. The van der Waals surface area contributed by atoms with Crippen LogP contribution in [0.3, 0.4) is 0 Å². The zero-order valence-corrected chi connectivity index (χ0v) is 8.44. The summed E-state index contributed by atoms with van der Waals surface area (Å²) in [7, 11) is 0. The molecule has 0 aromatic rings. The first-order chi connectivity index (χ1) is 5.54. The summed E-state index contributed by atoms with van der Waals surface area (Å²) in [4.78, 5) is 0. The van der Waals surface area contributed by atoms with Gasteiger partial charge in [0.25, 0.3) is 0 Å². The molecule has 0 heterocycles. The maximum absolute atomic E-state index is 10.8. The number of alkyl halides is 2. The highest BCUT2D eigenvalue weighted by molar-refractivity contribution is 4.36. The number of hydrogen-bond donors (Lipinski definition) is 0. The van der Waals surface area contributed by atoms with Gasteiger partial charge in [0.15, 0.2) is 0 Å². The van der Waals surface area contributed by atoms with E-state index in [1.165, 1.54) is 6.92 Å². The Bertz CT molecular complexity index is 74.9. The van der Waals surface area contributed by atoms with E-state index >= 15 is 0 Å². The molecule has 0 rings (SSSR count). The zero-order valence-electron chi connectivity index (χ0n) is 8.44. The number of rotatable bonds is 4. The molecule has 0 amide bonds. The normalized spacial score (nSPS) is 10.0. The van der Waals surface area contributed by atoms with Gasteiger partial charge in [-0.25, -0.2) is 8.78 Å². The van der Waals surface area contributed by atoms with Crippen LogP contribution in [-0.4, -0.2) is 19.6 Å². The molecule has 12 heavy (non-hydrogen) atoms. The third-order valence-electron chi connectivity index (χ3n) is 0.964. The Morgan fingerprint density at radius 1 is 1.17 bits per heavy atom. The first-order valence-corrected chi connectivity index (χ1v) is 4.40. The van der Waals surface area contributed by atoms with Crippen LogP contribution in [0.4, 0.5) is 8.78 Å². The van der Waals surface area contributed by atoms with Gasteiger partial charge in [0.1, 0.15) is 0 Å². The molecule has 0 spiro atoms. The van der Waals surface area contributed by atoms with Gasteiger partial charge in [-0.05, 0) is 12.8 Å². The molecule has 1 nitrogen and oxygen atoms in total. The highest BCUT2D eigenvalue weighted by Gasteiger charge is 1.91. The molecule has 0 bridgehead atoms. The fraction of sp³-hybridized carbons (Fsp3) is 1.00. The molecule has 0 unspecified atom stereocenters. The van der Waals surface area contributed by atoms with Crippen molar-refractivity contribution in [3.8, 4) is 0 Å². The van der Waals surface area contributed by atoms with Crippen LogP contribution in [0.2, 0.25) is 0 Å². The zero-order chi connectivity index (χ0) is 9.98. The van der Waals surface area contributed by atoms with Crippen molar-refractivity contribution >= 4 is 0 Å². The monoisotopic (exact) mass is 182 g/mol. The summed E-state index contributed by atoms with van der Waals surface area (Å²) in [6, 6.07) is 0.